The van der Waals surface area contributed by atoms with Gasteiger partial charge < -0.3 is 14.9 Å². The summed E-state index contributed by atoms with van der Waals surface area (Å²) < 4.78 is 0. The lowest BCUT2D eigenvalue weighted by Crippen LogP contribution is -1.97. The Balaban J connectivity index is 3.57. The Morgan fingerprint density at radius 1 is 1.62 bits per heavy atom. The topological polar surface area (TPSA) is 52.5 Å². The van der Waals surface area contributed by atoms with Gasteiger partial charge in [0.25, 0.3) is 6.64 Å². The van der Waals surface area contributed by atoms with E-state index in [0.29, 0.717) is 0 Å². The summed E-state index contributed by atoms with van der Waals surface area (Å²) >= 11 is 9.17. The first-order valence-corrected chi connectivity index (χ1v) is 4.79. The van der Waals surface area contributed by atoms with E-state index in [9.17, 15) is 0 Å². The molecule has 0 aromatic heterocycles. The van der Waals surface area contributed by atoms with Gasteiger partial charge in [-0.2, -0.15) is 0 Å². The molecule has 0 aromatic rings. The molecule has 0 aliphatic rings. The highest BCUT2D eigenvalue weighted by Gasteiger charge is 1.99. The van der Waals surface area contributed by atoms with Crippen LogP contribution in [0, 0.1) is 0 Å². The zero-order valence-corrected chi connectivity index (χ0v) is 6.25. The smallest absolute Gasteiger partial charge is 0.281 e. The molecule has 0 saturated carbocycles. The molecule has 0 aliphatic carbocycles. The molecule has 48 valence electrons. The van der Waals surface area contributed by atoms with Gasteiger partial charge in [-0.15, -0.1) is 0 Å². The Kier molecular flexibility index (Phi) is 3.60. The van der Waals surface area contributed by atoms with Crippen molar-refractivity contribution in [3.8, 4) is 0 Å². The summed E-state index contributed by atoms with van der Waals surface area (Å²) in [5.74, 6) is 0. The maximum atomic E-state index is 8.41. The zero-order valence-electron chi connectivity index (χ0n) is 3.78. The highest BCUT2D eigenvalue weighted by atomic mass is 35.5. The molecule has 0 spiro atoms. The molecule has 0 aromatic carbocycles. The molecule has 0 amide bonds. The molecule has 0 fully saturated rings. The molecule has 0 rings (SSSR count). The van der Waals surface area contributed by atoms with Crippen molar-refractivity contribution < 1.29 is 9.79 Å². The fourth-order valence-electron chi connectivity index (χ4n) is 0.125. The molecule has 3 nitrogen and oxygen atoms in total. The Labute approximate surface area is 57.2 Å². The average Bonchev–Trinajstić information content (AvgIpc) is 1.59. The highest BCUT2D eigenvalue weighted by Crippen LogP contribution is 2.28. The third-order valence-electron chi connectivity index (χ3n) is 0.306. The molecule has 3 N–H and O–H groups in total. The van der Waals surface area contributed by atoms with Gasteiger partial charge in [-0.1, -0.05) is 11.6 Å². The maximum Gasteiger partial charge on any atom is 0.281 e. The van der Waals surface area contributed by atoms with E-state index in [4.69, 9.17) is 21.4 Å². The number of rotatable bonds is 2. The van der Waals surface area contributed by atoms with Gasteiger partial charge >= 0.3 is 0 Å². The Morgan fingerprint density at radius 2 is 2.12 bits per heavy atom. The lowest BCUT2D eigenvalue weighted by Gasteiger charge is -2.03. The van der Waals surface area contributed by atoms with E-state index in [1.54, 1.807) is 0 Å². The van der Waals surface area contributed by atoms with Crippen LogP contribution in [-0.4, -0.2) is 9.79 Å². The van der Waals surface area contributed by atoms with E-state index in [-0.39, 0.29) is 0 Å². The third kappa shape index (κ3) is 6.40. The quantitative estimate of drug-likeness (QED) is 0.532. The maximum absolute atomic E-state index is 8.41. The molecular formula is C2H5ClNO2PS. The van der Waals surface area contributed by atoms with Gasteiger partial charge in [-0.3, -0.25) is 0 Å². The van der Waals surface area contributed by atoms with Crippen LogP contribution in [0.15, 0.2) is 11.7 Å². The Bertz CT molecular complexity index is 132. The number of nitrogens with one attached hydrogen (secondary N) is 1. The van der Waals surface area contributed by atoms with E-state index >= 15 is 0 Å². The predicted octanol–water partition coefficient (Wildman–Crippen LogP) is 0.495. The predicted molar refractivity (Wildman–Crippen MR) is 36.9 cm³/mol. The van der Waals surface area contributed by atoms with E-state index in [2.05, 4.69) is 16.9 Å². The summed E-state index contributed by atoms with van der Waals surface area (Å²) in [7, 11) is 0. The minimum atomic E-state index is -3.27. The summed E-state index contributed by atoms with van der Waals surface area (Å²) in [6, 6.07) is 0. The van der Waals surface area contributed by atoms with Crippen molar-refractivity contribution in [2.45, 2.75) is 0 Å². The van der Waals surface area contributed by atoms with Crippen LogP contribution >= 0.6 is 18.2 Å². The number of hydrogen-bond donors (Lipinski definition) is 3. The van der Waals surface area contributed by atoms with Gasteiger partial charge in [0, 0.05) is 11.7 Å². The standard InChI is InChI=1S/C2H5ClNO2PS/c3-1-2-4-7(5,6)8/h1-2H,(H3,4,5,6,8). The summed E-state index contributed by atoms with van der Waals surface area (Å²) in [5.41, 5.74) is 1.10. The van der Waals surface area contributed by atoms with Crippen molar-refractivity contribution in [2.75, 3.05) is 0 Å². The van der Waals surface area contributed by atoms with Crippen molar-refractivity contribution >= 4 is 30.1 Å². The van der Waals surface area contributed by atoms with Gasteiger partial charge in [0.15, 0.2) is 0 Å². The normalized spacial score (nSPS) is 12.4. The van der Waals surface area contributed by atoms with Gasteiger partial charge in [0.05, 0.1) is 0 Å². The van der Waals surface area contributed by atoms with Gasteiger partial charge in [-0.25, -0.2) is 0 Å². The first-order chi connectivity index (χ1) is 3.56. The van der Waals surface area contributed by atoms with Crippen molar-refractivity contribution in [1.29, 1.82) is 0 Å². The highest BCUT2D eigenvalue weighted by molar-refractivity contribution is 8.08. The molecule has 8 heavy (non-hydrogen) atoms. The largest absolute Gasteiger partial charge is 0.330 e. The molecule has 0 unspecified atom stereocenters. The fraction of sp³-hybridized carbons (Fsp3) is 0. The van der Waals surface area contributed by atoms with Gasteiger partial charge in [0.1, 0.15) is 0 Å². The van der Waals surface area contributed by atoms with Crippen LogP contribution in [0.25, 0.3) is 0 Å². The van der Waals surface area contributed by atoms with Crippen LogP contribution < -0.4 is 5.09 Å². The van der Waals surface area contributed by atoms with Crippen molar-refractivity contribution in [3.63, 3.8) is 0 Å². The van der Waals surface area contributed by atoms with Crippen LogP contribution in [0.5, 0.6) is 0 Å². The molecule has 0 bridgehead atoms. The van der Waals surface area contributed by atoms with Crippen LogP contribution in [-0.2, 0) is 11.8 Å². The molecule has 6 heteroatoms. The SMILES string of the molecule is OP(O)(=S)NC=CCl. The van der Waals surface area contributed by atoms with E-state index < -0.39 is 6.64 Å². The van der Waals surface area contributed by atoms with E-state index in [1.165, 1.54) is 6.20 Å². The summed E-state index contributed by atoms with van der Waals surface area (Å²) in [6.45, 7) is -3.27. The fourth-order valence-corrected chi connectivity index (χ4v) is 0.727. The van der Waals surface area contributed by atoms with Crippen LogP contribution in [0.1, 0.15) is 0 Å². The Morgan fingerprint density at radius 3 is 2.25 bits per heavy atom. The van der Waals surface area contributed by atoms with Gasteiger partial charge in [0.2, 0.25) is 0 Å². The lowest BCUT2D eigenvalue weighted by atomic mass is 11.1. The molecule has 0 aliphatic heterocycles. The second-order valence-corrected chi connectivity index (χ2v) is 4.09. The van der Waals surface area contributed by atoms with Gasteiger partial charge in [-0.05, 0) is 11.8 Å². The number of hydrogen-bond acceptors (Lipinski definition) is 1. The second-order valence-electron chi connectivity index (χ2n) is 0.966. The second kappa shape index (κ2) is 3.43. The monoisotopic (exact) mass is 173 g/mol. The third-order valence-corrected chi connectivity index (χ3v) is 1.23. The summed E-state index contributed by atoms with van der Waals surface area (Å²) in [5, 5.41) is 2.10. The molecule has 0 radical (unpaired) electrons. The van der Waals surface area contributed by atoms with Crippen LogP contribution in [0.4, 0.5) is 0 Å². The molecular weight excluding hydrogens is 169 g/mol. The first kappa shape index (κ1) is 8.40. The van der Waals surface area contributed by atoms with E-state index in [1.807, 2.05) is 0 Å². The molecule has 0 atom stereocenters. The van der Waals surface area contributed by atoms with E-state index in [0.717, 1.165) is 5.54 Å². The summed E-state index contributed by atoms with van der Waals surface area (Å²) in [6.07, 6.45) is 1.17. The van der Waals surface area contributed by atoms with Crippen LogP contribution in [0.3, 0.4) is 0 Å². The van der Waals surface area contributed by atoms with Crippen LogP contribution in [0.2, 0.25) is 0 Å². The van der Waals surface area contributed by atoms with Crippen molar-refractivity contribution in [3.05, 3.63) is 11.7 Å². The zero-order chi connectivity index (χ0) is 6.62. The number of halogens is 1. The van der Waals surface area contributed by atoms with Crippen molar-refractivity contribution in [1.82, 2.24) is 5.09 Å². The van der Waals surface area contributed by atoms with Crippen molar-refractivity contribution in [2.24, 2.45) is 0 Å². The first-order valence-electron chi connectivity index (χ1n) is 1.65. The minimum Gasteiger partial charge on any atom is -0.330 e. The average molecular weight is 174 g/mol. The molecule has 0 saturated heterocycles. The minimum absolute atomic E-state index is 1.10. The summed E-state index contributed by atoms with van der Waals surface area (Å²) in [4.78, 5) is 16.8. The molecule has 0 heterocycles. The Hall–Kier alpha value is 0.400. The lowest BCUT2D eigenvalue weighted by molar-refractivity contribution is 0.471.